The Balaban J connectivity index is 3.36. The first-order chi connectivity index (χ1) is 5.22. The van der Waals surface area contributed by atoms with E-state index in [-0.39, 0.29) is 6.67 Å². The van der Waals surface area contributed by atoms with Crippen LogP contribution in [0.5, 0.6) is 0 Å². The van der Waals surface area contributed by atoms with Crippen molar-refractivity contribution in [3.8, 4) is 0 Å². The van der Waals surface area contributed by atoms with Gasteiger partial charge in [0.05, 0.1) is 6.67 Å². The average Bonchev–Trinajstić information content (AvgIpc) is 1.97. The lowest BCUT2D eigenvalue weighted by atomic mass is 10.2. The molecule has 0 aromatic rings. The highest BCUT2D eigenvalue weighted by Gasteiger charge is 2.04. The van der Waals surface area contributed by atoms with Gasteiger partial charge in [-0.25, -0.2) is 0 Å². The van der Waals surface area contributed by atoms with Crippen LogP contribution in [0.1, 0.15) is 33.6 Å². The molecule has 0 aliphatic carbocycles. The zero-order chi connectivity index (χ0) is 8.69. The standard InChI is InChI=1S/C9H20FN/c1-4-11(9(2)3)8-6-5-7-10/h9H,4-8H2,1-3H3. The van der Waals surface area contributed by atoms with E-state index in [0.717, 1.165) is 19.5 Å². The van der Waals surface area contributed by atoms with Crippen LogP contribution in [0, 0.1) is 0 Å². The molecule has 2 heteroatoms. The molecule has 0 atom stereocenters. The zero-order valence-electron chi connectivity index (χ0n) is 7.94. The molecule has 0 fully saturated rings. The lowest BCUT2D eigenvalue weighted by Gasteiger charge is -2.24. The van der Waals surface area contributed by atoms with Gasteiger partial charge >= 0.3 is 0 Å². The summed E-state index contributed by atoms with van der Waals surface area (Å²) in [7, 11) is 0. The monoisotopic (exact) mass is 161 g/mol. The zero-order valence-corrected chi connectivity index (χ0v) is 7.94. The number of nitrogens with zero attached hydrogens (tertiary/aromatic N) is 1. The molecular weight excluding hydrogens is 141 g/mol. The van der Waals surface area contributed by atoms with Crippen molar-refractivity contribution in [3.05, 3.63) is 0 Å². The van der Waals surface area contributed by atoms with E-state index in [9.17, 15) is 4.39 Å². The molecule has 0 aliphatic heterocycles. The molecule has 0 aliphatic rings. The van der Waals surface area contributed by atoms with Gasteiger partial charge in [-0.1, -0.05) is 6.92 Å². The van der Waals surface area contributed by atoms with Crippen LogP contribution in [0.2, 0.25) is 0 Å². The Morgan fingerprint density at radius 3 is 2.27 bits per heavy atom. The van der Waals surface area contributed by atoms with Crippen molar-refractivity contribution in [2.45, 2.75) is 39.7 Å². The third-order valence-electron chi connectivity index (χ3n) is 1.97. The van der Waals surface area contributed by atoms with Crippen LogP contribution in [-0.4, -0.2) is 30.7 Å². The number of hydrogen-bond acceptors (Lipinski definition) is 1. The fourth-order valence-corrected chi connectivity index (χ4v) is 1.19. The van der Waals surface area contributed by atoms with Gasteiger partial charge in [0.2, 0.25) is 0 Å². The van der Waals surface area contributed by atoms with E-state index in [1.54, 1.807) is 0 Å². The van der Waals surface area contributed by atoms with E-state index in [0.29, 0.717) is 12.5 Å². The van der Waals surface area contributed by atoms with E-state index in [1.807, 2.05) is 0 Å². The molecule has 0 aromatic carbocycles. The van der Waals surface area contributed by atoms with E-state index < -0.39 is 0 Å². The summed E-state index contributed by atoms with van der Waals surface area (Å²) in [4.78, 5) is 2.36. The molecule has 0 amide bonds. The molecule has 0 unspecified atom stereocenters. The minimum Gasteiger partial charge on any atom is -0.301 e. The summed E-state index contributed by atoms with van der Waals surface area (Å²) in [6, 6.07) is 0.597. The first kappa shape index (κ1) is 10.9. The summed E-state index contributed by atoms with van der Waals surface area (Å²) >= 11 is 0. The van der Waals surface area contributed by atoms with Gasteiger partial charge in [-0.15, -0.1) is 0 Å². The molecule has 68 valence electrons. The van der Waals surface area contributed by atoms with Gasteiger partial charge in [0.15, 0.2) is 0 Å². The highest BCUT2D eigenvalue weighted by Crippen LogP contribution is 2.00. The number of halogens is 1. The predicted octanol–water partition coefficient (Wildman–Crippen LogP) is 2.47. The van der Waals surface area contributed by atoms with E-state index in [2.05, 4.69) is 25.7 Å². The number of rotatable bonds is 6. The van der Waals surface area contributed by atoms with Gasteiger partial charge < -0.3 is 4.90 Å². The topological polar surface area (TPSA) is 3.24 Å². The Morgan fingerprint density at radius 1 is 1.27 bits per heavy atom. The summed E-state index contributed by atoms with van der Waals surface area (Å²) in [5, 5.41) is 0. The van der Waals surface area contributed by atoms with Crippen molar-refractivity contribution in [1.82, 2.24) is 4.90 Å². The van der Waals surface area contributed by atoms with Gasteiger partial charge in [0, 0.05) is 6.04 Å². The Kier molecular flexibility index (Phi) is 6.52. The minimum atomic E-state index is -0.171. The SMILES string of the molecule is CCN(CCCCF)C(C)C. The summed E-state index contributed by atoms with van der Waals surface area (Å²) < 4.78 is 11.7. The van der Waals surface area contributed by atoms with E-state index in [4.69, 9.17) is 0 Å². The molecule has 1 nitrogen and oxygen atoms in total. The van der Waals surface area contributed by atoms with Gasteiger partial charge in [-0.05, 0) is 39.8 Å². The lowest BCUT2D eigenvalue weighted by molar-refractivity contribution is 0.226. The maximum Gasteiger partial charge on any atom is 0.0894 e. The predicted molar refractivity (Wildman–Crippen MR) is 47.6 cm³/mol. The van der Waals surface area contributed by atoms with Crippen molar-refractivity contribution in [3.63, 3.8) is 0 Å². The van der Waals surface area contributed by atoms with Crippen LogP contribution < -0.4 is 0 Å². The Bertz CT molecular complexity index is 83.6. The van der Waals surface area contributed by atoms with Crippen molar-refractivity contribution >= 4 is 0 Å². The molecule has 0 saturated heterocycles. The van der Waals surface area contributed by atoms with E-state index >= 15 is 0 Å². The normalized spacial score (nSPS) is 11.5. The van der Waals surface area contributed by atoms with Crippen LogP contribution in [0.25, 0.3) is 0 Å². The minimum absolute atomic E-state index is 0.171. The molecule has 0 saturated carbocycles. The second-order valence-corrected chi connectivity index (χ2v) is 3.12. The van der Waals surface area contributed by atoms with Crippen molar-refractivity contribution in [2.24, 2.45) is 0 Å². The third kappa shape index (κ3) is 5.19. The maximum atomic E-state index is 11.7. The summed E-state index contributed by atoms with van der Waals surface area (Å²) in [5.41, 5.74) is 0. The molecule has 11 heavy (non-hydrogen) atoms. The van der Waals surface area contributed by atoms with Gasteiger partial charge in [-0.2, -0.15) is 0 Å². The maximum absolute atomic E-state index is 11.7. The number of hydrogen-bond donors (Lipinski definition) is 0. The number of unbranched alkanes of at least 4 members (excludes halogenated alkanes) is 1. The molecule has 0 heterocycles. The lowest BCUT2D eigenvalue weighted by Crippen LogP contribution is -2.31. The fraction of sp³-hybridized carbons (Fsp3) is 1.00. The Hall–Kier alpha value is -0.110. The van der Waals surface area contributed by atoms with Crippen LogP contribution in [-0.2, 0) is 0 Å². The van der Waals surface area contributed by atoms with Crippen molar-refractivity contribution < 1.29 is 4.39 Å². The van der Waals surface area contributed by atoms with Gasteiger partial charge in [0.1, 0.15) is 0 Å². The third-order valence-corrected chi connectivity index (χ3v) is 1.97. The molecule has 0 spiro atoms. The Morgan fingerprint density at radius 2 is 1.91 bits per heavy atom. The van der Waals surface area contributed by atoms with Crippen LogP contribution in [0.4, 0.5) is 4.39 Å². The second kappa shape index (κ2) is 6.59. The molecule has 0 bridgehead atoms. The largest absolute Gasteiger partial charge is 0.301 e. The van der Waals surface area contributed by atoms with Crippen LogP contribution in [0.3, 0.4) is 0 Å². The quantitative estimate of drug-likeness (QED) is 0.541. The van der Waals surface area contributed by atoms with Gasteiger partial charge in [-0.3, -0.25) is 4.39 Å². The fourth-order valence-electron chi connectivity index (χ4n) is 1.19. The average molecular weight is 161 g/mol. The number of alkyl halides is 1. The first-order valence-corrected chi connectivity index (χ1v) is 4.52. The van der Waals surface area contributed by atoms with Crippen molar-refractivity contribution in [2.75, 3.05) is 19.8 Å². The highest BCUT2D eigenvalue weighted by atomic mass is 19.1. The molecular formula is C9H20FN. The summed E-state index contributed by atoms with van der Waals surface area (Å²) in [6.07, 6.45) is 1.70. The Labute approximate surface area is 69.6 Å². The summed E-state index contributed by atoms with van der Waals surface area (Å²) in [6.45, 7) is 8.45. The smallest absolute Gasteiger partial charge is 0.0894 e. The second-order valence-electron chi connectivity index (χ2n) is 3.12. The van der Waals surface area contributed by atoms with Crippen LogP contribution >= 0.6 is 0 Å². The van der Waals surface area contributed by atoms with Crippen LogP contribution in [0.15, 0.2) is 0 Å². The van der Waals surface area contributed by atoms with Crippen molar-refractivity contribution in [1.29, 1.82) is 0 Å². The summed E-state index contributed by atoms with van der Waals surface area (Å²) in [5.74, 6) is 0. The molecule has 0 radical (unpaired) electrons. The highest BCUT2D eigenvalue weighted by molar-refractivity contribution is 4.59. The van der Waals surface area contributed by atoms with Gasteiger partial charge in [0.25, 0.3) is 0 Å². The molecule has 0 N–H and O–H groups in total. The first-order valence-electron chi connectivity index (χ1n) is 4.52. The van der Waals surface area contributed by atoms with E-state index in [1.165, 1.54) is 0 Å². The molecule has 0 rings (SSSR count). The molecule has 0 aromatic heterocycles.